The maximum atomic E-state index is 10.2. The van der Waals surface area contributed by atoms with E-state index in [-0.39, 0.29) is 6.10 Å². The third kappa shape index (κ3) is 3.01. The van der Waals surface area contributed by atoms with E-state index in [1.807, 2.05) is 0 Å². The molecule has 3 heteroatoms. The second-order valence-electron chi connectivity index (χ2n) is 6.22. The maximum Gasteiger partial charge on any atom is 0.0707 e. The fourth-order valence-electron chi connectivity index (χ4n) is 3.85. The summed E-state index contributed by atoms with van der Waals surface area (Å²) in [5.41, 5.74) is 0. The van der Waals surface area contributed by atoms with Gasteiger partial charge in [-0.2, -0.15) is 0 Å². The lowest BCUT2D eigenvalue weighted by Gasteiger charge is -2.33. The van der Waals surface area contributed by atoms with Crippen LogP contribution in [0, 0.1) is 5.92 Å². The lowest BCUT2D eigenvalue weighted by molar-refractivity contribution is -0.0511. The summed E-state index contributed by atoms with van der Waals surface area (Å²) in [7, 11) is 0. The van der Waals surface area contributed by atoms with Crippen molar-refractivity contribution in [1.82, 2.24) is 4.90 Å². The lowest BCUT2D eigenvalue weighted by Crippen LogP contribution is -2.45. The van der Waals surface area contributed by atoms with E-state index in [9.17, 15) is 5.11 Å². The molecule has 3 atom stereocenters. The highest BCUT2D eigenvalue weighted by Crippen LogP contribution is 2.30. The highest BCUT2D eigenvalue weighted by atomic mass is 16.5. The summed E-state index contributed by atoms with van der Waals surface area (Å²) in [4.78, 5) is 2.42. The quantitative estimate of drug-likeness (QED) is 0.812. The number of aliphatic hydroxyl groups excluding tert-OH is 1. The van der Waals surface area contributed by atoms with Gasteiger partial charge in [-0.3, -0.25) is 4.90 Å². The van der Waals surface area contributed by atoms with Crippen LogP contribution in [0.15, 0.2) is 0 Å². The molecular weight excluding hydrogens is 214 g/mol. The molecule has 0 aromatic heterocycles. The Morgan fingerprint density at radius 2 is 1.71 bits per heavy atom. The topological polar surface area (TPSA) is 32.7 Å². The lowest BCUT2D eigenvalue weighted by atomic mass is 9.99. The van der Waals surface area contributed by atoms with Crippen LogP contribution in [0.3, 0.4) is 0 Å². The second-order valence-corrected chi connectivity index (χ2v) is 6.22. The average molecular weight is 239 g/mol. The summed E-state index contributed by atoms with van der Waals surface area (Å²) in [6, 6.07) is 0. The SMILES string of the molecule is OC(CC1CCCC1)CN1CC2CCC(C1)O2. The van der Waals surface area contributed by atoms with E-state index in [0.717, 1.165) is 32.0 Å². The Balaban J connectivity index is 1.43. The molecule has 2 heterocycles. The summed E-state index contributed by atoms with van der Waals surface area (Å²) < 4.78 is 5.82. The minimum atomic E-state index is -0.115. The Hall–Kier alpha value is -0.120. The molecule has 3 fully saturated rings. The Bertz CT molecular complexity index is 241. The van der Waals surface area contributed by atoms with Crippen molar-refractivity contribution in [2.24, 2.45) is 5.92 Å². The highest BCUT2D eigenvalue weighted by molar-refractivity contribution is 4.86. The first-order valence-corrected chi connectivity index (χ1v) is 7.35. The van der Waals surface area contributed by atoms with Crippen molar-refractivity contribution in [2.75, 3.05) is 19.6 Å². The molecule has 0 radical (unpaired) electrons. The standard InChI is InChI=1S/C14H25NO2/c16-12(7-11-3-1-2-4-11)8-15-9-13-5-6-14(10-15)17-13/h11-14,16H,1-10H2. The number of likely N-dealkylation sites (tertiary alicyclic amines) is 1. The zero-order chi connectivity index (χ0) is 11.7. The molecule has 2 bridgehead atoms. The molecular formula is C14H25NO2. The first kappa shape index (κ1) is 11.9. The zero-order valence-electron chi connectivity index (χ0n) is 10.7. The normalized spacial score (nSPS) is 36.5. The van der Waals surface area contributed by atoms with E-state index >= 15 is 0 Å². The number of hydrogen-bond donors (Lipinski definition) is 1. The molecule has 0 spiro atoms. The van der Waals surface area contributed by atoms with Crippen LogP contribution in [0.1, 0.15) is 44.9 Å². The number of nitrogens with zero attached hydrogens (tertiary/aromatic N) is 1. The number of ether oxygens (including phenoxy) is 1. The molecule has 1 saturated carbocycles. The minimum absolute atomic E-state index is 0.115. The van der Waals surface area contributed by atoms with Gasteiger partial charge in [-0.1, -0.05) is 25.7 Å². The smallest absolute Gasteiger partial charge is 0.0707 e. The van der Waals surface area contributed by atoms with Crippen LogP contribution < -0.4 is 0 Å². The number of morpholine rings is 1. The van der Waals surface area contributed by atoms with Gasteiger partial charge in [0.1, 0.15) is 0 Å². The maximum absolute atomic E-state index is 10.2. The van der Waals surface area contributed by atoms with Crippen LogP contribution >= 0.6 is 0 Å². The fraction of sp³-hybridized carbons (Fsp3) is 1.00. The van der Waals surface area contributed by atoms with Gasteiger partial charge in [0.15, 0.2) is 0 Å². The van der Waals surface area contributed by atoms with Crippen molar-refractivity contribution in [1.29, 1.82) is 0 Å². The van der Waals surface area contributed by atoms with Gasteiger partial charge >= 0.3 is 0 Å². The van der Waals surface area contributed by atoms with Crippen LogP contribution in [0.25, 0.3) is 0 Å². The number of fused-ring (bicyclic) bond motifs is 2. The van der Waals surface area contributed by atoms with E-state index in [1.165, 1.54) is 38.5 Å². The van der Waals surface area contributed by atoms with Crippen molar-refractivity contribution in [3.05, 3.63) is 0 Å². The van der Waals surface area contributed by atoms with Gasteiger partial charge in [0.2, 0.25) is 0 Å². The molecule has 0 amide bonds. The van der Waals surface area contributed by atoms with Crippen molar-refractivity contribution >= 4 is 0 Å². The number of aliphatic hydroxyl groups is 1. The Morgan fingerprint density at radius 3 is 2.35 bits per heavy atom. The van der Waals surface area contributed by atoms with Crippen molar-refractivity contribution < 1.29 is 9.84 Å². The van der Waals surface area contributed by atoms with Gasteiger partial charge < -0.3 is 9.84 Å². The van der Waals surface area contributed by atoms with E-state index in [2.05, 4.69) is 4.90 Å². The van der Waals surface area contributed by atoms with E-state index in [1.54, 1.807) is 0 Å². The molecule has 3 rings (SSSR count). The Morgan fingerprint density at radius 1 is 1.06 bits per heavy atom. The molecule has 17 heavy (non-hydrogen) atoms. The van der Waals surface area contributed by atoms with E-state index in [0.29, 0.717) is 12.2 Å². The van der Waals surface area contributed by atoms with Crippen LogP contribution in [-0.4, -0.2) is 48.0 Å². The van der Waals surface area contributed by atoms with Crippen LogP contribution in [0.2, 0.25) is 0 Å². The first-order valence-electron chi connectivity index (χ1n) is 7.35. The van der Waals surface area contributed by atoms with Gasteiger partial charge in [-0.05, 0) is 25.2 Å². The minimum Gasteiger partial charge on any atom is -0.392 e. The predicted octanol–water partition coefficient (Wildman–Crippen LogP) is 1.79. The van der Waals surface area contributed by atoms with Gasteiger partial charge in [0, 0.05) is 19.6 Å². The summed E-state index contributed by atoms with van der Waals surface area (Å²) >= 11 is 0. The highest BCUT2D eigenvalue weighted by Gasteiger charge is 2.34. The molecule has 2 aliphatic heterocycles. The van der Waals surface area contributed by atoms with Gasteiger partial charge in [0.05, 0.1) is 18.3 Å². The van der Waals surface area contributed by atoms with Gasteiger partial charge in [-0.25, -0.2) is 0 Å². The third-order valence-corrected chi connectivity index (χ3v) is 4.67. The molecule has 1 N–H and O–H groups in total. The number of β-amino-alcohol motifs (C(OH)–C–C–N with tert-alkyl or cyclic N) is 1. The molecule has 98 valence electrons. The summed E-state index contributed by atoms with van der Waals surface area (Å²) in [6.45, 7) is 2.95. The van der Waals surface area contributed by atoms with E-state index in [4.69, 9.17) is 4.74 Å². The zero-order valence-corrected chi connectivity index (χ0v) is 10.7. The number of hydrogen-bond acceptors (Lipinski definition) is 3. The molecule has 0 aromatic carbocycles. The van der Waals surface area contributed by atoms with Crippen LogP contribution in [-0.2, 0) is 4.74 Å². The Kier molecular flexibility index (Phi) is 3.69. The fourth-order valence-corrected chi connectivity index (χ4v) is 3.85. The average Bonchev–Trinajstić information content (AvgIpc) is 2.89. The predicted molar refractivity (Wildman–Crippen MR) is 66.9 cm³/mol. The molecule has 3 nitrogen and oxygen atoms in total. The van der Waals surface area contributed by atoms with Gasteiger partial charge in [0.25, 0.3) is 0 Å². The van der Waals surface area contributed by atoms with Crippen LogP contribution in [0.4, 0.5) is 0 Å². The molecule has 1 aliphatic carbocycles. The first-order chi connectivity index (χ1) is 8.29. The van der Waals surface area contributed by atoms with Crippen LogP contribution in [0.5, 0.6) is 0 Å². The molecule has 3 aliphatic rings. The summed E-state index contributed by atoms with van der Waals surface area (Å²) in [5.74, 6) is 0.794. The Labute approximate surface area is 104 Å². The second kappa shape index (κ2) is 5.25. The third-order valence-electron chi connectivity index (χ3n) is 4.67. The molecule has 2 saturated heterocycles. The van der Waals surface area contributed by atoms with E-state index < -0.39 is 0 Å². The van der Waals surface area contributed by atoms with Crippen molar-refractivity contribution in [2.45, 2.75) is 63.3 Å². The summed E-state index contributed by atoms with van der Waals surface area (Å²) in [6.07, 6.45) is 9.68. The largest absolute Gasteiger partial charge is 0.392 e. The summed E-state index contributed by atoms with van der Waals surface area (Å²) in [5, 5.41) is 10.2. The van der Waals surface area contributed by atoms with Gasteiger partial charge in [-0.15, -0.1) is 0 Å². The number of rotatable bonds is 4. The van der Waals surface area contributed by atoms with Crippen molar-refractivity contribution in [3.8, 4) is 0 Å². The molecule has 3 unspecified atom stereocenters. The van der Waals surface area contributed by atoms with Crippen molar-refractivity contribution in [3.63, 3.8) is 0 Å². The molecule has 0 aromatic rings. The monoisotopic (exact) mass is 239 g/mol.